The molecule has 1 fully saturated rings. The summed E-state index contributed by atoms with van der Waals surface area (Å²) in [7, 11) is 0. The van der Waals surface area contributed by atoms with Gasteiger partial charge in [-0.1, -0.05) is 17.7 Å². The van der Waals surface area contributed by atoms with Gasteiger partial charge in [-0.25, -0.2) is 9.69 Å². The molecule has 1 N–H and O–H groups in total. The van der Waals surface area contributed by atoms with E-state index in [4.69, 9.17) is 4.74 Å². The molecule has 0 saturated carbocycles. The molecule has 2 aromatic carbocycles. The van der Waals surface area contributed by atoms with Crippen LogP contribution in [0.2, 0.25) is 0 Å². The van der Waals surface area contributed by atoms with Crippen molar-refractivity contribution in [3.8, 4) is 11.5 Å². The van der Waals surface area contributed by atoms with Crippen molar-refractivity contribution in [3.63, 3.8) is 0 Å². The predicted octanol–water partition coefficient (Wildman–Crippen LogP) is 2.54. The second kappa shape index (κ2) is 7.91. The zero-order valence-electron chi connectivity index (χ0n) is 15.5. The SMILES string of the molecule is CCN1C(=O)C(=O)N(CC(=O)Nc2ccc(Oc3ccc(C)cc3)cc2)C1=O. The standard InChI is InChI=1S/C20H19N3O5/c1-3-22-18(25)19(26)23(20(22)27)12-17(24)21-14-6-10-16(11-7-14)28-15-8-4-13(2)5-9-15/h4-11H,3,12H2,1-2H3,(H,21,24). The van der Waals surface area contributed by atoms with Gasteiger partial charge < -0.3 is 10.1 Å². The number of urea groups is 1. The first-order valence-corrected chi connectivity index (χ1v) is 8.71. The maximum Gasteiger partial charge on any atom is 0.334 e. The Balaban J connectivity index is 1.59. The van der Waals surface area contributed by atoms with Gasteiger partial charge in [0.05, 0.1) is 0 Å². The highest BCUT2D eigenvalue weighted by Crippen LogP contribution is 2.23. The minimum atomic E-state index is -0.996. The van der Waals surface area contributed by atoms with Gasteiger partial charge in [-0.2, -0.15) is 0 Å². The average Bonchev–Trinajstić information content (AvgIpc) is 2.88. The van der Waals surface area contributed by atoms with Crippen LogP contribution in [-0.2, 0) is 14.4 Å². The van der Waals surface area contributed by atoms with E-state index < -0.39 is 30.3 Å². The first kappa shape index (κ1) is 19.1. The molecule has 8 nitrogen and oxygen atoms in total. The van der Waals surface area contributed by atoms with Crippen molar-refractivity contribution < 1.29 is 23.9 Å². The van der Waals surface area contributed by atoms with E-state index in [9.17, 15) is 19.2 Å². The van der Waals surface area contributed by atoms with Crippen LogP contribution in [0.1, 0.15) is 12.5 Å². The fourth-order valence-corrected chi connectivity index (χ4v) is 2.66. The van der Waals surface area contributed by atoms with E-state index in [1.54, 1.807) is 31.2 Å². The fraction of sp³-hybridized carbons (Fsp3) is 0.200. The molecule has 2 aromatic rings. The zero-order chi connectivity index (χ0) is 20.3. The highest BCUT2D eigenvalue weighted by atomic mass is 16.5. The third-order valence-electron chi connectivity index (χ3n) is 4.15. The Hall–Kier alpha value is -3.68. The van der Waals surface area contributed by atoms with E-state index in [-0.39, 0.29) is 6.54 Å². The average molecular weight is 381 g/mol. The first-order valence-electron chi connectivity index (χ1n) is 8.71. The topological polar surface area (TPSA) is 96.0 Å². The Labute approximate surface area is 161 Å². The molecule has 8 heteroatoms. The van der Waals surface area contributed by atoms with Gasteiger partial charge in [-0.05, 0) is 50.2 Å². The summed E-state index contributed by atoms with van der Waals surface area (Å²) >= 11 is 0. The summed E-state index contributed by atoms with van der Waals surface area (Å²) in [6.07, 6.45) is 0. The Bertz CT molecular complexity index is 922. The molecule has 1 heterocycles. The Kier molecular flexibility index (Phi) is 5.39. The van der Waals surface area contributed by atoms with Crippen LogP contribution in [0.5, 0.6) is 11.5 Å². The fourth-order valence-electron chi connectivity index (χ4n) is 2.66. The van der Waals surface area contributed by atoms with Gasteiger partial charge in [0, 0.05) is 12.2 Å². The van der Waals surface area contributed by atoms with Crippen molar-refractivity contribution in [1.29, 1.82) is 0 Å². The lowest BCUT2D eigenvalue weighted by atomic mass is 10.2. The number of carbonyl (C=O) groups is 4. The van der Waals surface area contributed by atoms with Gasteiger partial charge >= 0.3 is 17.8 Å². The number of aryl methyl sites for hydroxylation is 1. The molecule has 0 spiro atoms. The van der Waals surface area contributed by atoms with Crippen molar-refractivity contribution in [3.05, 3.63) is 54.1 Å². The molecular weight excluding hydrogens is 362 g/mol. The van der Waals surface area contributed by atoms with Crippen LogP contribution in [0, 0.1) is 6.92 Å². The summed E-state index contributed by atoms with van der Waals surface area (Å²) in [6, 6.07) is 13.5. The zero-order valence-corrected chi connectivity index (χ0v) is 15.5. The Morgan fingerprint density at radius 2 is 1.43 bits per heavy atom. The molecule has 3 rings (SSSR count). The molecule has 0 aromatic heterocycles. The van der Waals surface area contributed by atoms with Crippen molar-refractivity contribution in [1.82, 2.24) is 9.80 Å². The monoisotopic (exact) mass is 381 g/mol. The van der Waals surface area contributed by atoms with Gasteiger partial charge in [0.15, 0.2) is 0 Å². The number of benzene rings is 2. The maximum atomic E-state index is 12.2. The van der Waals surface area contributed by atoms with Crippen molar-refractivity contribution >= 4 is 29.4 Å². The van der Waals surface area contributed by atoms with E-state index in [1.807, 2.05) is 31.2 Å². The van der Waals surface area contributed by atoms with Crippen molar-refractivity contribution in [2.45, 2.75) is 13.8 Å². The third-order valence-corrected chi connectivity index (χ3v) is 4.15. The molecule has 1 aliphatic heterocycles. The lowest BCUT2D eigenvalue weighted by molar-refractivity contribution is -0.143. The second-order valence-corrected chi connectivity index (χ2v) is 6.21. The molecule has 28 heavy (non-hydrogen) atoms. The van der Waals surface area contributed by atoms with Gasteiger partial charge in [0.25, 0.3) is 0 Å². The summed E-state index contributed by atoms with van der Waals surface area (Å²) in [5, 5.41) is 2.59. The van der Waals surface area contributed by atoms with Crippen LogP contribution in [-0.4, -0.2) is 46.6 Å². The number of nitrogens with zero attached hydrogens (tertiary/aromatic N) is 2. The van der Waals surface area contributed by atoms with Gasteiger partial charge in [0.1, 0.15) is 18.0 Å². The summed E-state index contributed by atoms with van der Waals surface area (Å²) in [5.74, 6) is -1.21. The number of likely N-dealkylation sites (N-methyl/N-ethyl adjacent to an activating group) is 1. The van der Waals surface area contributed by atoms with E-state index in [0.29, 0.717) is 22.1 Å². The second-order valence-electron chi connectivity index (χ2n) is 6.21. The highest BCUT2D eigenvalue weighted by molar-refractivity contribution is 6.45. The number of hydrogen-bond acceptors (Lipinski definition) is 5. The quantitative estimate of drug-likeness (QED) is 0.613. The van der Waals surface area contributed by atoms with Crippen LogP contribution in [0.3, 0.4) is 0 Å². The van der Waals surface area contributed by atoms with Gasteiger partial charge in [-0.3, -0.25) is 19.3 Å². The Morgan fingerprint density at radius 3 is 1.96 bits per heavy atom. The number of rotatable bonds is 6. The summed E-state index contributed by atoms with van der Waals surface area (Å²) < 4.78 is 5.71. The van der Waals surface area contributed by atoms with Gasteiger partial charge in [-0.15, -0.1) is 0 Å². The minimum Gasteiger partial charge on any atom is -0.457 e. The summed E-state index contributed by atoms with van der Waals surface area (Å²) in [5.41, 5.74) is 1.60. The smallest absolute Gasteiger partial charge is 0.334 e. The van der Waals surface area contributed by atoms with Crippen LogP contribution in [0.4, 0.5) is 10.5 Å². The number of imide groups is 2. The number of amides is 5. The molecule has 0 aliphatic carbocycles. The molecule has 1 aliphatic rings. The van der Waals surface area contributed by atoms with Crippen LogP contribution >= 0.6 is 0 Å². The number of anilines is 1. The van der Waals surface area contributed by atoms with Gasteiger partial charge in [0.2, 0.25) is 5.91 Å². The lowest BCUT2D eigenvalue weighted by Gasteiger charge is -2.14. The summed E-state index contributed by atoms with van der Waals surface area (Å²) in [6.45, 7) is 3.11. The minimum absolute atomic E-state index is 0.0734. The largest absolute Gasteiger partial charge is 0.457 e. The normalized spacial score (nSPS) is 13.9. The predicted molar refractivity (Wildman–Crippen MR) is 101 cm³/mol. The van der Waals surface area contributed by atoms with Crippen LogP contribution < -0.4 is 10.1 Å². The number of ether oxygens (including phenoxy) is 1. The molecular formula is C20H19N3O5. The van der Waals surface area contributed by atoms with Crippen LogP contribution in [0.25, 0.3) is 0 Å². The van der Waals surface area contributed by atoms with Crippen molar-refractivity contribution in [2.75, 3.05) is 18.4 Å². The molecule has 5 amide bonds. The molecule has 0 radical (unpaired) electrons. The Morgan fingerprint density at radius 1 is 0.893 bits per heavy atom. The highest BCUT2D eigenvalue weighted by Gasteiger charge is 2.44. The van der Waals surface area contributed by atoms with Crippen LogP contribution in [0.15, 0.2) is 48.5 Å². The van der Waals surface area contributed by atoms with E-state index in [0.717, 1.165) is 10.5 Å². The van der Waals surface area contributed by atoms with E-state index in [1.165, 1.54) is 0 Å². The summed E-state index contributed by atoms with van der Waals surface area (Å²) in [4.78, 5) is 49.1. The number of nitrogens with one attached hydrogen (secondary N) is 1. The van der Waals surface area contributed by atoms with E-state index >= 15 is 0 Å². The molecule has 0 bridgehead atoms. The molecule has 0 atom stereocenters. The van der Waals surface area contributed by atoms with Crippen molar-refractivity contribution in [2.24, 2.45) is 0 Å². The molecule has 1 saturated heterocycles. The third kappa shape index (κ3) is 4.01. The lowest BCUT2D eigenvalue weighted by Crippen LogP contribution is -2.38. The molecule has 0 unspecified atom stereocenters. The number of hydrogen-bond donors (Lipinski definition) is 1. The van der Waals surface area contributed by atoms with E-state index in [2.05, 4.69) is 5.32 Å². The maximum absolute atomic E-state index is 12.2. The number of carbonyl (C=O) groups excluding carboxylic acids is 4. The first-order chi connectivity index (χ1) is 13.4. The molecule has 144 valence electrons.